The first-order valence-corrected chi connectivity index (χ1v) is 15.7. The van der Waals surface area contributed by atoms with Gasteiger partial charge in [0.15, 0.2) is 11.5 Å². The van der Waals surface area contributed by atoms with Crippen LogP contribution in [-0.4, -0.2) is 60.5 Å². The lowest BCUT2D eigenvalue weighted by Crippen LogP contribution is -2.44. The zero-order valence-corrected chi connectivity index (χ0v) is 26.9. The molecule has 1 heterocycles. The van der Waals surface area contributed by atoms with Crippen LogP contribution in [0, 0.1) is 5.92 Å². The fraction of sp³-hybridized carbons (Fsp3) is 0.405. The Bertz CT molecular complexity index is 1510. The van der Waals surface area contributed by atoms with Gasteiger partial charge in [-0.25, -0.2) is 0 Å². The highest BCUT2D eigenvalue weighted by atomic mass is 16.5. The maximum Gasteiger partial charge on any atom is 0.254 e. The number of aryl methyl sites for hydroxylation is 1. The van der Waals surface area contributed by atoms with Gasteiger partial charge in [0.25, 0.3) is 5.91 Å². The summed E-state index contributed by atoms with van der Waals surface area (Å²) in [4.78, 5) is 34.7. The minimum Gasteiger partial charge on any atom is -0.493 e. The minimum atomic E-state index is -0.116. The van der Waals surface area contributed by atoms with Crippen LogP contribution in [0.2, 0.25) is 0 Å². The van der Waals surface area contributed by atoms with E-state index in [2.05, 4.69) is 37.9 Å². The molecule has 0 aliphatic heterocycles. The van der Waals surface area contributed by atoms with Crippen molar-refractivity contribution in [1.82, 2.24) is 14.8 Å². The van der Waals surface area contributed by atoms with Crippen molar-refractivity contribution in [2.45, 2.75) is 59.4 Å². The molecular weight excluding hydrogens is 550 g/mol. The minimum absolute atomic E-state index is 0.0104. The predicted molar refractivity (Wildman–Crippen MR) is 177 cm³/mol. The van der Waals surface area contributed by atoms with E-state index in [4.69, 9.17) is 9.47 Å². The maximum atomic E-state index is 14.0. The van der Waals surface area contributed by atoms with Crippen molar-refractivity contribution >= 4 is 22.7 Å². The number of unbranched alkanes of at least 4 members (excludes halogenated alkanes) is 2. The number of aromatic amines is 1. The smallest absolute Gasteiger partial charge is 0.254 e. The SMILES string of the molecule is CCCCCc1ccc(C(=O)N(CC(=O)N(CCc2c[nH]c3ccccc23)Cc2ccc(OC)c(OC)c2)CC(C)C)cc1. The zero-order valence-electron chi connectivity index (χ0n) is 26.9. The molecule has 44 heavy (non-hydrogen) atoms. The molecule has 4 rings (SSSR count). The van der Waals surface area contributed by atoms with E-state index < -0.39 is 0 Å². The van der Waals surface area contributed by atoms with Crippen molar-refractivity contribution in [2.24, 2.45) is 5.92 Å². The molecule has 4 aromatic rings. The van der Waals surface area contributed by atoms with Gasteiger partial charge in [-0.05, 0) is 72.2 Å². The van der Waals surface area contributed by atoms with Crippen molar-refractivity contribution in [2.75, 3.05) is 33.9 Å². The number of rotatable bonds is 16. The molecule has 3 aromatic carbocycles. The van der Waals surface area contributed by atoms with Crippen LogP contribution in [0.3, 0.4) is 0 Å². The second-order valence-electron chi connectivity index (χ2n) is 11.8. The molecule has 0 aliphatic rings. The van der Waals surface area contributed by atoms with Crippen LogP contribution < -0.4 is 9.47 Å². The van der Waals surface area contributed by atoms with E-state index in [9.17, 15) is 9.59 Å². The largest absolute Gasteiger partial charge is 0.493 e. The van der Waals surface area contributed by atoms with E-state index in [0.717, 1.165) is 34.9 Å². The molecule has 234 valence electrons. The van der Waals surface area contributed by atoms with Gasteiger partial charge in [-0.2, -0.15) is 0 Å². The van der Waals surface area contributed by atoms with Gasteiger partial charge < -0.3 is 24.3 Å². The molecule has 7 heteroatoms. The third kappa shape index (κ3) is 8.65. The van der Waals surface area contributed by atoms with Gasteiger partial charge in [0.05, 0.1) is 14.2 Å². The third-order valence-electron chi connectivity index (χ3n) is 7.97. The van der Waals surface area contributed by atoms with Gasteiger partial charge in [-0.3, -0.25) is 9.59 Å². The Hall–Kier alpha value is -4.26. The molecule has 0 bridgehead atoms. The van der Waals surface area contributed by atoms with Crippen LogP contribution >= 0.6 is 0 Å². The van der Waals surface area contributed by atoms with Crippen LogP contribution in [0.5, 0.6) is 11.5 Å². The Kier molecular flexibility index (Phi) is 11.9. The highest BCUT2D eigenvalue weighted by Crippen LogP contribution is 2.28. The van der Waals surface area contributed by atoms with E-state index >= 15 is 0 Å². The van der Waals surface area contributed by atoms with Crippen molar-refractivity contribution in [3.63, 3.8) is 0 Å². The molecule has 0 atom stereocenters. The molecule has 0 fully saturated rings. The fourth-order valence-electron chi connectivity index (χ4n) is 5.58. The van der Waals surface area contributed by atoms with Crippen LogP contribution in [0.15, 0.2) is 72.9 Å². The van der Waals surface area contributed by atoms with E-state index in [1.807, 2.05) is 65.7 Å². The summed E-state index contributed by atoms with van der Waals surface area (Å²) in [6.45, 7) is 7.73. The highest BCUT2D eigenvalue weighted by molar-refractivity contribution is 5.96. The normalized spacial score (nSPS) is 11.1. The summed E-state index contributed by atoms with van der Waals surface area (Å²) >= 11 is 0. The van der Waals surface area contributed by atoms with Crippen LogP contribution in [-0.2, 0) is 24.2 Å². The zero-order chi connectivity index (χ0) is 31.5. The number of para-hydroxylation sites is 1. The number of aromatic nitrogens is 1. The van der Waals surface area contributed by atoms with Crippen molar-refractivity contribution < 1.29 is 19.1 Å². The molecule has 0 saturated carbocycles. The summed E-state index contributed by atoms with van der Waals surface area (Å²) in [5, 5.41) is 1.15. The monoisotopic (exact) mass is 597 g/mol. The van der Waals surface area contributed by atoms with Crippen LogP contribution in [0.4, 0.5) is 0 Å². The molecule has 7 nitrogen and oxygen atoms in total. The molecule has 0 saturated heterocycles. The topological polar surface area (TPSA) is 74.9 Å². The molecule has 0 spiro atoms. The Morgan fingerprint density at radius 3 is 2.27 bits per heavy atom. The summed E-state index contributed by atoms with van der Waals surface area (Å²) in [5.41, 5.74) is 5.00. The lowest BCUT2D eigenvalue weighted by Gasteiger charge is -2.29. The van der Waals surface area contributed by atoms with Crippen molar-refractivity contribution in [3.8, 4) is 11.5 Å². The molecule has 0 radical (unpaired) electrons. The Morgan fingerprint density at radius 1 is 0.841 bits per heavy atom. The standard InChI is InChI=1S/C37H47N3O4/c1-6-7-8-11-28-14-17-30(18-15-28)37(42)40(24-27(2)3)26-36(41)39(25-29-16-19-34(43-4)35(22-29)44-5)21-20-31-23-38-33-13-10-9-12-32(31)33/h9-10,12-19,22-23,27,38H,6-8,11,20-21,24-26H2,1-5H3. The second kappa shape index (κ2) is 16.0. The fourth-order valence-corrected chi connectivity index (χ4v) is 5.58. The number of ether oxygens (including phenoxy) is 2. The van der Waals surface area contributed by atoms with E-state index in [0.29, 0.717) is 43.1 Å². The number of H-pyrrole nitrogens is 1. The Morgan fingerprint density at radius 2 is 1.57 bits per heavy atom. The summed E-state index contributed by atoms with van der Waals surface area (Å²) in [6.07, 6.45) is 7.24. The average Bonchev–Trinajstić information content (AvgIpc) is 3.45. The first kappa shape index (κ1) is 32.6. The van der Waals surface area contributed by atoms with Gasteiger partial charge in [0.2, 0.25) is 5.91 Å². The van der Waals surface area contributed by atoms with Crippen LogP contribution in [0.1, 0.15) is 67.1 Å². The van der Waals surface area contributed by atoms with Crippen molar-refractivity contribution in [1.29, 1.82) is 0 Å². The second-order valence-corrected chi connectivity index (χ2v) is 11.8. The summed E-state index contributed by atoms with van der Waals surface area (Å²) in [6, 6.07) is 21.8. The number of carbonyl (C=O) groups excluding carboxylic acids is 2. The van der Waals surface area contributed by atoms with Gasteiger partial charge in [-0.1, -0.05) is 70.0 Å². The lowest BCUT2D eigenvalue weighted by molar-refractivity contribution is -0.132. The molecule has 0 aliphatic carbocycles. The maximum absolute atomic E-state index is 14.0. The summed E-state index contributed by atoms with van der Waals surface area (Å²) in [5.74, 6) is 1.26. The van der Waals surface area contributed by atoms with E-state index in [1.54, 1.807) is 19.1 Å². The third-order valence-corrected chi connectivity index (χ3v) is 7.97. The van der Waals surface area contributed by atoms with E-state index in [-0.39, 0.29) is 24.3 Å². The number of benzene rings is 3. The first-order valence-electron chi connectivity index (χ1n) is 15.7. The average molecular weight is 598 g/mol. The Labute approximate surface area is 262 Å². The predicted octanol–water partition coefficient (Wildman–Crippen LogP) is 7.29. The summed E-state index contributed by atoms with van der Waals surface area (Å²) in [7, 11) is 3.21. The Balaban J connectivity index is 1.55. The number of hydrogen-bond donors (Lipinski definition) is 1. The summed E-state index contributed by atoms with van der Waals surface area (Å²) < 4.78 is 10.9. The number of nitrogens with zero attached hydrogens (tertiary/aromatic N) is 2. The quantitative estimate of drug-likeness (QED) is 0.138. The number of fused-ring (bicyclic) bond motifs is 1. The number of nitrogens with one attached hydrogen (secondary N) is 1. The van der Waals surface area contributed by atoms with Gasteiger partial charge >= 0.3 is 0 Å². The van der Waals surface area contributed by atoms with Crippen LogP contribution in [0.25, 0.3) is 10.9 Å². The molecule has 2 amide bonds. The number of amides is 2. The number of methoxy groups -OCH3 is 2. The first-order chi connectivity index (χ1) is 21.3. The van der Waals surface area contributed by atoms with Gasteiger partial charge in [-0.15, -0.1) is 0 Å². The van der Waals surface area contributed by atoms with E-state index in [1.165, 1.54) is 18.4 Å². The van der Waals surface area contributed by atoms with Gasteiger partial charge in [0, 0.05) is 42.3 Å². The lowest BCUT2D eigenvalue weighted by atomic mass is 10.0. The van der Waals surface area contributed by atoms with Crippen molar-refractivity contribution in [3.05, 3.63) is 95.2 Å². The number of hydrogen-bond acceptors (Lipinski definition) is 4. The molecule has 1 N–H and O–H groups in total. The molecule has 0 unspecified atom stereocenters. The molecule has 1 aromatic heterocycles. The van der Waals surface area contributed by atoms with Gasteiger partial charge in [0.1, 0.15) is 6.54 Å². The highest BCUT2D eigenvalue weighted by Gasteiger charge is 2.24. The molecular formula is C37H47N3O4. The number of carbonyl (C=O) groups is 2.